The van der Waals surface area contributed by atoms with Gasteiger partial charge >= 0.3 is 47.8 Å². The minimum absolute atomic E-state index is 0.00470. The van der Waals surface area contributed by atoms with E-state index in [-0.39, 0.29) is 63.9 Å². The molecule has 16 aromatic rings. The standard InChI is InChI=1S/C14H12N2O2.C14H11NO3.C13H10N2O3.C13H12N2O2.C13H9NO4.C13H11NO3.C12H8N2O4.C12H10N2O3/c15-14(18)11-5-3-10(4-6-11)8-13(17)12-2-1-7-16-9-12;16-13(12-2-1-7-15-9-12)8-10-3-5-11(6-4-10)14(17)18;14-12(16)9-3-5-11(6-4-9)18-13(17)10-2-1-7-15-8-10;14-13(16)11-3-5-12(6-4-11)17-9-10-2-1-7-15-8-10;15-12(16)9-3-5-11(6-4-9)18-13(17)10-2-1-7-14-8-10;15-13(16)11-3-5-12(6-4-11)17-9-10-2-1-7-14-8-10;15-11(16)8-3-4-10(14-7-8)18-12(17)9-2-1-5-13-6-9;15-12(16)10-3-4-11(14-7-10)17-8-9-2-1-5-13-6-9/h1-7,9H,8H2,(H2,15,18);1-7,9H,8H2,(H,17,18);1-8H,(H2,14,16);1-8H,9H2,(H2,14,16);1-8H,(H,15,16);1-8H,9H2,(H,15,16);1-7H,(H,15,16);1-7H,8H2,(H,15,16). The number of esters is 3. The zero-order chi connectivity index (χ0) is 101. The van der Waals surface area contributed by atoms with Crippen LogP contribution < -0.4 is 45.6 Å². The lowest BCUT2D eigenvalue weighted by atomic mass is 10.0. The number of ether oxygens (including phenoxy) is 6. The van der Waals surface area contributed by atoms with Gasteiger partial charge in [-0.1, -0.05) is 42.5 Å². The number of hydrogen-bond acceptors (Lipinski definition) is 29. The molecule has 0 radical (unpaired) electrons. The maximum Gasteiger partial charge on any atom is 0.346 e. The molecule has 0 saturated heterocycles. The van der Waals surface area contributed by atoms with Gasteiger partial charge < -0.3 is 71.2 Å². The number of nitrogens with zero attached hydrogens (tertiary/aromatic N) is 10. The van der Waals surface area contributed by atoms with E-state index in [4.69, 9.17) is 71.2 Å². The molecule has 37 nitrogen and oxygen atoms in total. The number of pyridine rings is 10. The van der Waals surface area contributed by atoms with Gasteiger partial charge in [0.1, 0.15) is 42.8 Å². The molecule has 0 aliphatic heterocycles. The Bertz CT molecular complexity index is 5930. The van der Waals surface area contributed by atoms with E-state index in [1.807, 2.05) is 36.4 Å². The first-order chi connectivity index (χ1) is 68.1. The highest BCUT2D eigenvalue weighted by Crippen LogP contribution is 2.21. The van der Waals surface area contributed by atoms with Crippen LogP contribution in [0.15, 0.2) is 378 Å². The molecule has 37 heteroatoms. The average molecular weight is 1900 g/mol. The van der Waals surface area contributed by atoms with Gasteiger partial charge in [0.25, 0.3) is 0 Å². The molecule has 6 aromatic carbocycles. The molecule has 708 valence electrons. The van der Waals surface area contributed by atoms with E-state index in [0.29, 0.717) is 87.5 Å². The fraction of sp³-hybridized carbons (Fsp3) is 0.0481. The zero-order valence-electron chi connectivity index (χ0n) is 74.0. The second-order valence-electron chi connectivity index (χ2n) is 28.4. The number of carboxylic acids is 5. The van der Waals surface area contributed by atoms with Crippen molar-refractivity contribution in [2.24, 2.45) is 17.2 Å². The highest BCUT2D eigenvalue weighted by atomic mass is 16.5. The first kappa shape index (κ1) is 104. The maximum absolute atomic E-state index is 11.9. The monoisotopic (exact) mass is 1900 g/mol. The van der Waals surface area contributed by atoms with Crippen molar-refractivity contribution < 1.29 is 116 Å². The Labute approximate surface area is 802 Å². The second-order valence-corrected chi connectivity index (χ2v) is 28.4. The molecule has 3 amide bonds. The van der Waals surface area contributed by atoms with Crippen molar-refractivity contribution in [3.63, 3.8) is 0 Å². The molecule has 11 N–H and O–H groups in total. The van der Waals surface area contributed by atoms with Crippen LogP contribution in [0.1, 0.15) is 162 Å². The molecule has 141 heavy (non-hydrogen) atoms. The summed E-state index contributed by atoms with van der Waals surface area (Å²) >= 11 is 0. The fourth-order valence-electron chi connectivity index (χ4n) is 11.0. The number of amides is 3. The summed E-state index contributed by atoms with van der Waals surface area (Å²) in [5.41, 5.74) is 24.0. The third-order valence-electron chi connectivity index (χ3n) is 18.3. The van der Waals surface area contributed by atoms with Gasteiger partial charge in [0, 0.05) is 181 Å². The van der Waals surface area contributed by atoms with Crippen LogP contribution in [0.4, 0.5) is 0 Å². The van der Waals surface area contributed by atoms with Crippen LogP contribution in [0.25, 0.3) is 0 Å². The molecular formula is C104H83N13O24. The third-order valence-corrected chi connectivity index (χ3v) is 18.3. The van der Waals surface area contributed by atoms with Gasteiger partial charge in [0.05, 0.1) is 44.5 Å². The number of hydrogen-bond donors (Lipinski definition) is 8. The summed E-state index contributed by atoms with van der Waals surface area (Å²) in [6.45, 7) is 1.22. The predicted molar refractivity (Wildman–Crippen MR) is 505 cm³/mol. The lowest BCUT2D eigenvalue weighted by molar-refractivity contribution is 0.0684. The average Bonchev–Trinajstić information content (AvgIpc) is 0.891. The zero-order valence-corrected chi connectivity index (χ0v) is 74.0. The topological polar surface area (TPSA) is 585 Å². The summed E-state index contributed by atoms with van der Waals surface area (Å²) in [7, 11) is 0. The van der Waals surface area contributed by atoms with Gasteiger partial charge in [0.2, 0.25) is 29.5 Å². The molecule has 0 spiro atoms. The number of ketones is 2. The van der Waals surface area contributed by atoms with Gasteiger partial charge in [-0.25, -0.2) is 48.3 Å². The van der Waals surface area contributed by atoms with Gasteiger partial charge in [-0.05, 0) is 223 Å². The number of aromatic carboxylic acids is 5. The summed E-state index contributed by atoms with van der Waals surface area (Å²) in [5, 5.41) is 43.6. The number of benzene rings is 6. The Kier molecular flexibility index (Phi) is 41.4. The van der Waals surface area contributed by atoms with Crippen molar-refractivity contribution in [1.29, 1.82) is 0 Å². The Morgan fingerprint density at radius 3 is 0.716 bits per heavy atom. The number of Topliss-reactive ketones (excluding diaryl/α,β-unsaturated/α-hetero) is 2. The number of carbonyl (C=O) groups excluding carboxylic acids is 8. The van der Waals surface area contributed by atoms with Crippen LogP contribution in [0.5, 0.6) is 34.8 Å². The highest BCUT2D eigenvalue weighted by Gasteiger charge is 2.17. The molecule has 0 fully saturated rings. The highest BCUT2D eigenvalue weighted by molar-refractivity contribution is 5.99. The minimum atomic E-state index is -1.09. The molecular weight excluding hydrogens is 1820 g/mol. The van der Waals surface area contributed by atoms with Crippen LogP contribution >= 0.6 is 0 Å². The SMILES string of the molecule is NC(=O)c1ccc(CC(=O)c2cccnc2)cc1.NC(=O)c1ccc(OC(=O)c2cccnc2)cc1.NC(=O)c1ccc(OCc2cccnc2)cc1.O=C(O)c1ccc(CC(=O)c2cccnc2)cc1.O=C(O)c1ccc(OC(=O)c2cccnc2)cc1.O=C(O)c1ccc(OC(=O)c2cccnc2)nc1.O=C(O)c1ccc(OCc2cccnc2)cc1.O=C(O)c1ccc(OCc2cccnc2)nc1. The van der Waals surface area contributed by atoms with Crippen molar-refractivity contribution in [1.82, 2.24) is 49.8 Å². The Morgan fingerprint density at radius 1 is 0.213 bits per heavy atom. The Hall–Kier alpha value is -20.3. The van der Waals surface area contributed by atoms with E-state index in [1.165, 1.54) is 134 Å². The Morgan fingerprint density at radius 2 is 0.454 bits per heavy atom. The number of rotatable bonds is 29. The third kappa shape index (κ3) is 37.4. The quantitative estimate of drug-likeness (QED) is 0.0123. The summed E-state index contributed by atoms with van der Waals surface area (Å²) < 4.78 is 31.5. The van der Waals surface area contributed by atoms with Crippen molar-refractivity contribution >= 4 is 77.0 Å². The van der Waals surface area contributed by atoms with Crippen LogP contribution in [0.2, 0.25) is 0 Å². The van der Waals surface area contributed by atoms with Gasteiger partial charge in [0.15, 0.2) is 11.6 Å². The largest absolute Gasteiger partial charge is 0.489 e. The van der Waals surface area contributed by atoms with Crippen molar-refractivity contribution in [2.45, 2.75) is 32.7 Å². The van der Waals surface area contributed by atoms with Gasteiger partial charge in [-0.2, -0.15) is 0 Å². The molecule has 0 bridgehead atoms. The van der Waals surface area contributed by atoms with E-state index in [9.17, 15) is 62.3 Å². The van der Waals surface area contributed by atoms with Gasteiger partial charge in [-0.3, -0.25) is 63.8 Å². The normalized spacial score (nSPS) is 9.87. The molecule has 10 heterocycles. The number of carboxylic acid groups (broad SMARTS) is 5. The Balaban J connectivity index is 0.000000180. The van der Waals surface area contributed by atoms with Crippen LogP contribution in [0, 0.1) is 0 Å². The first-order valence-electron chi connectivity index (χ1n) is 41.4. The molecule has 0 saturated carbocycles. The number of aromatic nitrogens is 10. The lowest BCUT2D eigenvalue weighted by Crippen LogP contribution is -2.11. The van der Waals surface area contributed by atoms with E-state index in [2.05, 4.69) is 49.8 Å². The summed E-state index contributed by atoms with van der Waals surface area (Å²) in [4.78, 5) is 183. The van der Waals surface area contributed by atoms with E-state index in [1.54, 1.807) is 202 Å². The van der Waals surface area contributed by atoms with Crippen molar-refractivity contribution in [2.75, 3.05) is 0 Å². The van der Waals surface area contributed by atoms with Gasteiger partial charge in [-0.15, -0.1) is 0 Å². The lowest BCUT2D eigenvalue weighted by Gasteiger charge is -2.06. The molecule has 16 rings (SSSR count). The van der Waals surface area contributed by atoms with Crippen LogP contribution in [0.3, 0.4) is 0 Å². The van der Waals surface area contributed by atoms with E-state index < -0.39 is 65.5 Å². The molecule has 0 atom stereocenters. The minimum Gasteiger partial charge on any atom is -0.489 e. The summed E-state index contributed by atoms with van der Waals surface area (Å²) in [6, 6.07) is 71.0. The van der Waals surface area contributed by atoms with Crippen molar-refractivity contribution in [3.8, 4) is 34.8 Å². The van der Waals surface area contributed by atoms with E-state index in [0.717, 1.165) is 34.0 Å². The molecule has 0 aliphatic rings. The number of nitrogens with two attached hydrogens (primary N) is 3. The van der Waals surface area contributed by atoms with Crippen LogP contribution in [-0.2, 0) is 32.7 Å². The van der Waals surface area contributed by atoms with E-state index >= 15 is 0 Å². The molecule has 10 aromatic heterocycles. The number of primary amides is 3. The molecule has 0 aliphatic carbocycles. The van der Waals surface area contributed by atoms with Crippen LogP contribution in [-0.4, -0.2) is 152 Å². The van der Waals surface area contributed by atoms with Crippen molar-refractivity contribution in [3.05, 3.63) is 479 Å². The fourth-order valence-corrected chi connectivity index (χ4v) is 11.0. The molecule has 0 unspecified atom stereocenters. The summed E-state index contributed by atoms with van der Waals surface area (Å²) in [5.74, 6) is -5.77. The predicted octanol–water partition coefficient (Wildman–Crippen LogP) is 14.5. The summed E-state index contributed by atoms with van der Waals surface area (Å²) in [6.07, 6.45) is 28.3. The maximum atomic E-state index is 11.9. The number of carbonyl (C=O) groups is 13. The first-order valence-corrected chi connectivity index (χ1v) is 41.4. The second kappa shape index (κ2) is 55.9. The smallest absolute Gasteiger partial charge is 0.346 e.